The quantitative estimate of drug-likeness (QED) is 0.427. The molecule has 0 N–H and O–H groups in total. The van der Waals surface area contributed by atoms with E-state index in [0.717, 1.165) is 10.6 Å². The van der Waals surface area contributed by atoms with Gasteiger partial charge in [0.2, 0.25) is 0 Å². The van der Waals surface area contributed by atoms with E-state index in [9.17, 15) is 14.4 Å². The first-order valence-corrected chi connectivity index (χ1v) is 11.9. The second-order valence-electron chi connectivity index (χ2n) is 7.56. The average Bonchev–Trinajstić information content (AvgIpc) is 3.50. The van der Waals surface area contributed by atoms with Gasteiger partial charge in [-0.3, -0.25) is 14.2 Å². The normalized spacial score (nSPS) is 18.7. The Hall–Kier alpha value is -3.56. The molecular formula is C24H19N3O4S2. The molecule has 2 aromatic heterocycles. The fourth-order valence-electron chi connectivity index (χ4n) is 4.15. The number of fused-ring (bicyclic) bond motifs is 2. The molecule has 2 aliphatic heterocycles. The van der Waals surface area contributed by atoms with Crippen LogP contribution in [0.2, 0.25) is 0 Å². The molecule has 0 fully saturated rings. The van der Waals surface area contributed by atoms with Gasteiger partial charge < -0.3 is 9.64 Å². The van der Waals surface area contributed by atoms with Gasteiger partial charge in [-0.25, -0.2) is 9.79 Å². The number of rotatable bonds is 4. The van der Waals surface area contributed by atoms with Crippen LogP contribution in [0.3, 0.4) is 0 Å². The number of allylic oxidation sites excluding steroid dienone is 1. The third-order valence-electron chi connectivity index (χ3n) is 5.64. The van der Waals surface area contributed by atoms with Crippen LogP contribution in [0.5, 0.6) is 0 Å². The van der Waals surface area contributed by atoms with Crippen molar-refractivity contribution < 1.29 is 14.3 Å². The smallest absolute Gasteiger partial charge is 0.338 e. The van der Waals surface area contributed by atoms with E-state index in [0.29, 0.717) is 31.7 Å². The van der Waals surface area contributed by atoms with Crippen LogP contribution in [0.25, 0.3) is 5.57 Å². The average molecular weight is 478 g/mol. The van der Waals surface area contributed by atoms with E-state index >= 15 is 0 Å². The number of ether oxygens (including phenoxy) is 1. The zero-order chi connectivity index (χ0) is 23.3. The van der Waals surface area contributed by atoms with Gasteiger partial charge in [0, 0.05) is 17.5 Å². The van der Waals surface area contributed by atoms with Crippen LogP contribution in [0, 0.1) is 0 Å². The Labute approximate surface area is 196 Å². The molecule has 0 aliphatic carbocycles. The second kappa shape index (κ2) is 8.09. The molecule has 7 nitrogen and oxygen atoms in total. The SMILES string of the molecule is C=CCOC(=O)C1=C(C)N=c2sc(=C3C(=O)N(C)c4ccccc43)c(=O)n2[C@H]1c1cccs1. The topological polar surface area (TPSA) is 81.0 Å². The molecule has 166 valence electrons. The number of hydrogen-bond donors (Lipinski definition) is 0. The largest absolute Gasteiger partial charge is 0.458 e. The van der Waals surface area contributed by atoms with Gasteiger partial charge in [-0.2, -0.15) is 0 Å². The number of carbonyl (C=O) groups excluding carboxylic acids is 2. The summed E-state index contributed by atoms with van der Waals surface area (Å²) >= 11 is 2.61. The summed E-state index contributed by atoms with van der Waals surface area (Å²) in [5.41, 5.74) is 2.26. The predicted octanol–water partition coefficient (Wildman–Crippen LogP) is 2.37. The standard InChI is InChI=1S/C24H19N3O4S2/c1-4-11-31-23(30)17-13(2)25-24-27(19(17)16-10-7-12-32-16)22(29)20(33-24)18-14-8-5-6-9-15(14)26(3)21(18)28/h4-10,12,19H,1,11H2,2-3H3/t19-/m0/s1. The Morgan fingerprint density at radius 2 is 2.03 bits per heavy atom. The molecule has 4 heterocycles. The lowest BCUT2D eigenvalue weighted by Gasteiger charge is -2.23. The number of hydrogen-bond acceptors (Lipinski definition) is 7. The van der Waals surface area contributed by atoms with Crippen LogP contribution in [-0.4, -0.2) is 30.1 Å². The molecule has 0 saturated carbocycles. The third kappa shape index (κ3) is 3.23. The molecule has 0 saturated heterocycles. The van der Waals surface area contributed by atoms with Gasteiger partial charge in [0.05, 0.1) is 22.5 Å². The number of anilines is 1. The first kappa shape index (κ1) is 21.3. The molecule has 0 unspecified atom stereocenters. The minimum atomic E-state index is -0.683. The Morgan fingerprint density at radius 3 is 2.76 bits per heavy atom. The Kier molecular flexibility index (Phi) is 5.22. The van der Waals surface area contributed by atoms with Crippen molar-refractivity contribution in [1.29, 1.82) is 0 Å². The molecule has 0 bridgehead atoms. The van der Waals surface area contributed by atoms with Gasteiger partial charge in [0.1, 0.15) is 17.2 Å². The molecule has 3 aromatic rings. The van der Waals surface area contributed by atoms with Gasteiger partial charge in [0.25, 0.3) is 11.5 Å². The van der Waals surface area contributed by atoms with Crippen LogP contribution in [0.15, 0.2) is 75.5 Å². The lowest BCUT2D eigenvalue weighted by atomic mass is 10.0. The molecule has 1 amide bonds. The van der Waals surface area contributed by atoms with Crippen molar-refractivity contribution in [2.45, 2.75) is 13.0 Å². The van der Waals surface area contributed by atoms with Crippen molar-refractivity contribution in [2.75, 3.05) is 18.6 Å². The van der Waals surface area contributed by atoms with E-state index < -0.39 is 12.0 Å². The van der Waals surface area contributed by atoms with E-state index in [1.165, 1.54) is 33.3 Å². The number of thiazole rings is 1. The van der Waals surface area contributed by atoms with E-state index in [1.54, 1.807) is 18.9 Å². The minimum Gasteiger partial charge on any atom is -0.458 e. The summed E-state index contributed by atoms with van der Waals surface area (Å²) < 4.78 is 7.14. The number of aromatic nitrogens is 1. The molecular weight excluding hydrogens is 458 g/mol. The molecule has 9 heteroatoms. The zero-order valence-corrected chi connectivity index (χ0v) is 19.5. The van der Waals surface area contributed by atoms with Crippen LogP contribution in [-0.2, 0) is 14.3 Å². The number of nitrogens with zero attached hydrogens (tertiary/aromatic N) is 3. The summed E-state index contributed by atoms with van der Waals surface area (Å²) in [6.07, 6.45) is 1.49. The monoisotopic (exact) mass is 477 g/mol. The highest BCUT2D eigenvalue weighted by atomic mass is 32.1. The highest BCUT2D eigenvalue weighted by Gasteiger charge is 2.36. The van der Waals surface area contributed by atoms with E-state index in [2.05, 4.69) is 11.6 Å². The highest BCUT2D eigenvalue weighted by molar-refractivity contribution is 7.10. The van der Waals surface area contributed by atoms with Gasteiger partial charge >= 0.3 is 5.97 Å². The van der Waals surface area contributed by atoms with Crippen molar-refractivity contribution in [3.63, 3.8) is 0 Å². The Bertz CT molecular complexity index is 1530. The van der Waals surface area contributed by atoms with Crippen molar-refractivity contribution >= 4 is 45.8 Å². The van der Waals surface area contributed by atoms with Crippen LogP contribution in [0.4, 0.5) is 5.69 Å². The van der Waals surface area contributed by atoms with Crippen molar-refractivity contribution in [2.24, 2.45) is 4.99 Å². The van der Waals surface area contributed by atoms with Gasteiger partial charge in [-0.15, -0.1) is 11.3 Å². The van der Waals surface area contributed by atoms with Gasteiger partial charge in [-0.1, -0.05) is 48.3 Å². The van der Waals surface area contributed by atoms with Crippen molar-refractivity contribution in [3.05, 3.63) is 95.8 Å². The number of thiophene rings is 1. The minimum absolute atomic E-state index is 0.0545. The van der Waals surface area contributed by atoms with Gasteiger partial charge in [-0.05, 0) is 24.4 Å². The first-order valence-electron chi connectivity index (χ1n) is 10.2. The Morgan fingerprint density at radius 1 is 1.24 bits per heavy atom. The van der Waals surface area contributed by atoms with Gasteiger partial charge in [0.15, 0.2) is 4.80 Å². The molecule has 1 atom stereocenters. The number of benzene rings is 1. The fraction of sp³-hybridized carbons (Fsp3) is 0.167. The maximum Gasteiger partial charge on any atom is 0.338 e. The van der Waals surface area contributed by atoms with Crippen molar-refractivity contribution in [1.82, 2.24) is 4.57 Å². The molecule has 33 heavy (non-hydrogen) atoms. The fourth-order valence-corrected chi connectivity index (χ4v) is 6.11. The second-order valence-corrected chi connectivity index (χ2v) is 9.52. The third-order valence-corrected chi connectivity index (χ3v) is 7.62. The summed E-state index contributed by atoms with van der Waals surface area (Å²) in [4.78, 5) is 47.2. The number of para-hydroxylation sites is 1. The van der Waals surface area contributed by atoms with Crippen LogP contribution >= 0.6 is 22.7 Å². The Balaban J connectivity index is 1.80. The summed E-state index contributed by atoms with van der Waals surface area (Å²) in [5.74, 6) is -0.787. The van der Waals surface area contributed by atoms with E-state index in [1.807, 2.05) is 41.8 Å². The summed E-state index contributed by atoms with van der Waals surface area (Å²) in [6.45, 7) is 5.37. The summed E-state index contributed by atoms with van der Waals surface area (Å²) in [6, 6.07) is 10.4. The first-order chi connectivity index (χ1) is 15.9. The van der Waals surface area contributed by atoms with Crippen LogP contribution in [0.1, 0.15) is 23.4 Å². The van der Waals surface area contributed by atoms with Crippen molar-refractivity contribution in [3.8, 4) is 0 Å². The molecule has 2 aliphatic rings. The van der Waals surface area contributed by atoms with E-state index in [4.69, 9.17) is 4.74 Å². The lowest BCUT2D eigenvalue weighted by Crippen LogP contribution is -2.40. The summed E-state index contributed by atoms with van der Waals surface area (Å²) in [7, 11) is 1.69. The van der Waals surface area contributed by atoms with E-state index in [-0.39, 0.29) is 18.1 Å². The molecule has 1 aromatic carbocycles. The summed E-state index contributed by atoms with van der Waals surface area (Å²) in [5, 5.41) is 1.89. The number of likely N-dealkylation sites (N-methyl/N-ethyl adjacent to an activating group) is 1. The van der Waals surface area contributed by atoms with Crippen LogP contribution < -0.4 is 19.8 Å². The predicted molar refractivity (Wildman–Crippen MR) is 128 cm³/mol. The molecule has 5 rings (SSSR count). The molecule has 0 radical (unpaired) electrons. The maximum atomic E-state index is 13.8. The maximum absolute atomic E-state index is 13.8. The molecule has 0 spiro atoms. The number of esters is 1. The number of amides is 1. The zero-order valence-electron chi connectivity index (χ0n) is 17.9. The lowest BCUT2D eigenvalue weighted by molar-refractivity contribution is -0.138. The number of carbonyl (C=O) groups is 2. The highest BCUT2D eigenvalue weighted by Crippen LogP contribution is 2.35.